The summed E-state index contributed by atoms with van der Waals surface area (Å²) >= 11 is 0. The number of aryl methyl sites for hydroxylation is 2. The summed E-state index contributed by atoms with van der Waals surface area (Å²) in [6, 6.07) is 24.7. The molecule has 2 heterocycles. The van der Waals surface area contributed by atoms with Gasteiger partial charge in [0.15, 0.2) is 0 Å². The number of amides is 1. The number of likely N-dealkylation sites (N-methyl/N-ethyl adjacent to an activating group) is 1. The molecule has 1 fully saturated rings. The molecule has 1 unspecified atom stereocenters. The number of ether oxygens (including phenoxy) is 1. The van der Waals surface area contributed by atoms with Crippen LogP contribution in [-0.4, -0.2) is 53.0 Å². The molecule has 3 aromatic carbocycles. The van der Waals surface area contributed by atoms with Crippen molar-refractivity contribution in [2.75, 3.05) is 32.7 Å². The molecule has 1 aliphatic heterocycles. The number of piperazine rings is 1. The SMILES string of the molecule is CCc1cccc2c(C(CC(=O)N3CCN(CC)CC3)c3cccc(Oc4ccccc4)c3)cn(CC)c12. The van der Waals surface area contributed by atoms with Crippen molar-refractivity contribution >= 4 is 16.8 Å². The van der Waals surface area contributed by atoms with Crippen molar-refractivity contribution in [2.24, 2.45) is 0 Å². The first-order chi connectivity index (χ1) is 18.6. The molecule has 38 heavy (non-hydrogen) atoms. The van der Waals surface area contributed by atoms with Crippen molar-refractivity contribution in [3.05, 3.63) is 95.7 Å². The first-order valence-corrected chi connectivity index (χ1v) is 14.0. The van der Waals surface area contributed by atoms with Gasteiger partial charge in [0.25, 0.3) is 0 Å². The summed E-state index contributed by atoms with van der Waals surface area (Å²) in [4.78, 5) is 18.2. The van der Waals surface area contributed by atoms with Gasteiger partial charge in [-0.1, -0.05) is 62.4 Å². The summed E-state index contributed by atoms with van der Waals surface area (Å²) in [5, 5.41) is 1.24. The van der Waals surface area contributed by atoms with E-state index in [0.717, 1.165) is 62.8 Å². The molecule has 5 rings (SSSR count). The zero-order valence-corrected chi connectivity index (χ0v) is 22.9. The fraction of sp³-hybridized carbons (Fsp3) is 0.364. The Morgan fingerprint density at radius 1 is 0.842 bits per heavy atom. The monoisotopic (exact) mass is 509 g/mol. The van der Waals surface area contributed by atoms with Crippen molar-refractivity contribution in [1.82, 2.24) is 14.4 Å². The minimum Gasteiger partial charge on any atom is -0.457 e. The Morgan fingerprint density at radius 2 is 1.58 bits per heavy atom. The number of carbonyl (C=O) groups excluding carboxylic acids is 1. The van der Waals surface area contributed by atoms with Gasteiger partial charge in [0.05, 0.1) is 5.52 Å². The van der Waals surface area contributed by atoms with Crippen molar-refractivity contribution in [1.29, 1.82) is 0 Å². The molecular formula is C33H39N3O2. The average molecular weight is 510 g/mol. The first kappa shape index (κ1) is 26.1. The summed E-state index contributed by atoms with van der Waals surface area (Å²) in [6.07, 6.45) is 3.70. The predicted molar refractivity (Wildman–Crippen MR) is 155 cm³/mol. The molecule has 5 heteroatoms. The highest BCUT2D eigenvalue weighted by Crippen LogP contribution is 2.38. The minimum atomic E-state index is -0.0616. The molecule has 1 aromatic heterocycles. The largest absolute Gasteiger partial charge is 0.457 e. The van der Waals surface area contributed by atoms with Crippen LogP contribution in [0, 0.1) is 0 Å². The standard InChI is InChI=1S/C33H39N3O2/c1-4-25-12-11-17-29-31(24-35(6-3)33(25)29)30(23-32(37)36-20-18-34(5-2)19-21-36)26-13-10-16-28(22-26)38-27-14-8-7-9-15-27/h7-17,22,24,30H,4-6,18-21,23H2,1-3H3. The number of para-hydroxylation sites is 2. The maximum atomic E-state index is 13.7. The van der Waals surface area contributed by atoms with Gasteiger partial charge < -0.3 is 19.1 Å². The summed E-state index contributed by atoms with van der Waals surface area (Å²) in [7, 11) is 0. The fourth-order valence-corrected chi connectivity index (χ4v) is 5.72. The molecule has 0 N–H and O–H groups in total. The van der Waals surface area contributed by atoms with Gasteiger partial charge in [-0.15, -0.1) is 0 Å². The predicted octanol–water partition coefficient (Wildman–Crippen LogP) is 6.70. The molecular weight excluding hydrogens is 470 g/mol. The van der Waals surface area contributed by atoms with E-state index < -0.39 is 0 Å². The van der Waals surface area contributed by atoms with Gasteiger partial charge in [0.1, 0.15) is 11.5 Å². The van der Waals surface area contributed by atoms with Crippen molar-refractivity contribution in [2.45, 2.75) is 46.1 Å². The highest BCUT2D eigenvalue weighted by Gasteiger charge is 2.27. The van der Waals surface area contributed by atoms with E-state index in [-0.39, 0.29) is 11.8 Å². The molecule has 0 spiro atoms. The van der Waals surface area contributed by atoms with Crippen LogP contribution in [0.15, 0.2) is 79.0 Å². The second kappa shape index (κ2) is 11.9. The van der Waals surface area contributed by atoms with E-state index in [1.807, 2.05) is 42.5 Å². The third-order valence-corrected chi connectivity index (χ3v) is 7.90. The lowest BCUT2D eigenvalue weighted by Gasteiger charge is -2.35. The summed E-state index contributed by atoms with van der Waals surface area (Å²) < 4.78 is 8.55. The van der Waals surface area contributed by atoms with Crippen LogP contribution in [0.5, 0.6) is 11.5 Å². The molecule has 1 atom stereocenters. The van der Waals surface area contributed by atoms with Gasteiger partial charge in [-0.2, -0.15) is 0 Å². The summed E-state index contributed by atoms with van der Waals surface area (Å²) in [6.45, 7) is 12.0. The number of nitrogens with zero attached hydrogens (tertiary/aromatic N) is 3. The molecule has 0 radical (unpaired) electrons. The van der Waals surface area contributed by atoms with E-state index in [1.165, 1.54) is 22.0 Å². The maximum Gasteiger partial charge on any atom is 0.223 e. The Labute approximate surface area is 226 Å². The third-order valence-electron chi connectivity index (χ3n) is 7.90. The van der Waals surface area contributed by atoms with Crippen LogP contribution in [-0.2, 0) is 17.8 Å². The van der Waals surface area contributed by atoms with Crippen molar-refractivity contribution < 1.29 is 9.53 Å². The van der Waals surface area contributed by atoms with Crippen molar-refractivity contribution in [3.63, 3.8) is 0 Å². The molecule has 4 aromatic rings. The van der Waals surface area contributed by atoms with E-state index >= 15 is 0 Å². The smallest absolute Gasteiger partial charge is 0.223 e. The summed E-state index contributed by atoms with van der Waals surface area (Å²) in [5.41, 5.74) is 4.96. The molecule has 1 saturated heterocycles. The van der Waals surface area contributed by atoms with Gasteiger partial charge in [-0.3, -0.25) is 4.79 Å². The van der Waals surface area contributed by atoms with Crippen LogP contribution in [0.25, 0.3) is 10.9 Å². The highest BCUT2D eigenvalue weighted by atomic mass is 16.5. The lowest BCUT2D eigenvalue weighted by molar-refractivity contribution is -0.133. The second-order valence-corrected chi connectivity index (χ2v) is 10.1. The number of benzene rings is 3. The average Bonchev–Trinajstić information content (AvgIpc) is 3.35. The molecule has 5 nitrogen and oxygen atoms in total. The van der Waals surface area contributed by atoms with Gasteiger partial charge in [-0.25, -0.2) is 0 Å². The minimum absolute atomic E-state index is 0.0616. The first-order valence-electron chi connectivity index (χ1n) is 14.0. The van der Waals surface area contributed by atoms with Crippen LogP contribution in [0.1, 0.15) is 49.8 Å². The van der Waals surface area contributed by atoms with Crippen LogP contribution >= 0.6 is 0 Å². The fourth-order valence-electron chi connectivity index (χ4n) is 5.72. The van der Waals surface area contributed by atoms with Crippen molar-refractivity contribution in [3.8, 4) is 11.5 Å². The summed E-state index contributed by atoms with van der Waals surface area (Å²) in [5.74, 6) is 1.76. The number of hydrogen-bond acceptors (Lipinski definition) is 3. The van der Waals surface area contributed by atoms with Crippen LogP contribution in [0.4, 0.5) is 0 Å². The van der Waals surface area contributed by atoms with Gasteiger partial charge in [-0.05, 0) is 60.8 Å². The van der Waals surface area contributed by atoms with Crippen LogP contribution in [0.2, 0.25) is 0 Å². The van der Waals surface area contributed by atoms with E-state index in [2.05, 4.69) is 71.7 Å². The van der Waals surface area contributed by atoms with E-state index in [9.17, 15) is 4.79 Å². The Kier molecular flexibility index (Phi) is 8.14. The molecule has 1 aliphatic rings. The number of aromatic nitrogens is 1. The second-order valence-electron chi connectivity index (χ2n) is 10.1. The molecule has 1 amide bonds. The Balaban J connectivity index is 1.54. The number of hydrogen-bond donors (Lipinski definition) is 0. The quantitative estimate of drug-likeness (QED) is 0.252. The van der Waals surface area contributed by atoms with Crippen LogP contribution in [0.3, 0.4) is 0 Å². The Bertz CT molecular complexity index is 1370. The Morgan fingerprint density at radius 3 is 2.29 bits per heavy atom. The number of fused-ring (bicyclic) bond motifs is 1. The Hall–Kier alpha value is -3.57. The van der Waals surface area contributed by atoms with Gasteiger partial charge in [0.2, 0.25) is 5.91 Å². The lowest BCUT2D eigenvalue weighted by atomic mass is 9.87. The molecule has 0 saturated carbocycles. The van der Waals surface area contributed by atoms with E-state index in [1.54, 1.807) is 0 Å². The van der Waals surface area contributed by atoms with Gasteiger partial charge in [0, 0.05) is 56.6 Å². The van der Waals surface area contributed by atoms with E-state index in [0.29, 0.717) is 6.42 Å². The van der Waals surface area contributed by atoms with Gasteiger partial charge >= 0.3 is 0 Å². The third kappa shape index (κ3) is 5.48. The van der Waals surface area contributed by atoms with E-state index in [4.69, 9.17) is 4.74 Å². The zero-order valence-electron chi connectivity index (χ0n) is 22.9. The highest BCUT2D eigenvalue weighted by molar-refractivity contribution is 5.89. The normalized spacial score (nSPS) is 15.1. The number of rotatable bonds is 9. The maximum absolute atomic E-state index is 13.7. The lowest BCUT2D eigenvalue weighted by Crippen LogP contribution is -2.48. The molecule has 0 bridgehead atoms. The zero-order chi connectivity index (χ0) is 26.5. The van der Waals surface area contributed by atoms with Crippen LogP contribution < -0.4 is 4.74 Å². The topological polar surface area (TPSA) is 37.7 Å². The molecule has 0 aliphatic carbocycles. The number of carbonyl (C=O) groups is 1. The molecule has 198 valence electrons.